The maximum atomic E-state index is 13.8. The van der Waals surface area contributed by atoms with Gasteiger partial charge in [-0.25, -0.2) is 17.4 Å². The number of fused-ring (bicyclic) bond motifs is 1. The zero-order chi connectivity index (χ0) is 21.8. The van der Waals surface area contributed by atoms with Crippen LogP contribution in [0, 0.1) is 5.95 Å². The number of hydrogen-bond acceptors (Lipinski definition) is 4. The van der Waals surface area contributed by atoms with Gasteiger partial charge in [0.15, 0.2) is 11.5 Å². The summed E-state index contributed by atoms with van der Waals surface area (Å²) < 4.78 is 40.7. The van der Waals surface area contributed by atoms with Crippen LogP contribution in [0.25, 0.3) is 22.6 Å². The minimum atomic E-state index is -3.75. The molecule has 2 aromatic heterocycles. The van der Waals surface area contributed by atoms with Crippen LogP contribution in [0.4, 0.5) is 4.39 Å². The molecule has 3 aromatic rings. The minimum Gasteiger partial charge on any atom is -0.225 e. The van der Waals surface area contributed by atoms with E-state index in [1.807, 2.05) is 12.1 Å². The number of benzene rings is 1. The van der Waals surface area contributed by atoms with Crippen LogP contribution in [0.3, 0.4) is 0 Å². The SMILES string of the molecule is CCS(=O)(=O)n1c(-c2cc(C(C)(C)C)cc(C(C)(C)C)c2)nc2ccc(F)nc21. The van der Waals surface area contributed by atoms with Crippen molar-refractivity contribution in [2.24, 2.45) is 0 Å². The van der Waals surface area contributed by atoms with E-state index in [1.54, 1.807) is 6.92 Å². The Labute approximate surface area is 172 Å². The highest BCUT2D eigenvalue weighted by Crippen LogP contribution is 2.35. The van der Waals surface area contributed by atoms with Crippen molar-refractivity contribution in [3.05, 3.63) is 47.4 Å². The molecule has 0 aliphatic carbocycles. The molecule has 0 saturated heterocycles. The lowest BCUT2D eigenvalue weighted by atomic mass is 9.79. The van der Waals surface area contributed by atoms with Gasteiger partial charge in [0.2, 0.25) is 16.0 Å². The zero-order valence-corrected chi connectivity index (χ0v) is 18.9. The molecule has 0 bridgehead atoms. The summed E-state index contributed by atoms with van der Waals surface area (Å²) in [7, 11) is -3.75. The summed E-state index contributed by atoms with van der Waals surface area (Å²) in [6, 6.07) is 8.74. The van der Waals surface area contributed by atoms with E-state index in [2.05, 4.69) is 57.6 Å². The van der Waals surface area contributed by atoms with Crippen molar-refractivity contribution in [1.29, 1.82) is 0 Å². The van der Waals surface area contributed by atoms with Gasteiger partial charge in [0.05, 0.1) is 5.75 Å². The van der Waals surface area contributed by atoms with Gasteiger partial charge in [-0.3, -0.25) is 0 Å². The fourth-order valence-electron chi connectivity index (χ4n) is 3.11. The molecule has 0 aliphatic rings. The van der Waals surface area contributed by atoms with Crippen LogP contribution in [0.2, 0.25) is 0 Å². The molecule has 29 heavy (non-hydrogen) atoms. The van der Waals surface area contributed by atoms with Crippen LogP contribution in [-0.4, -0.2) is 28.1 Å². The first-order valence-corrected chi connectivity index (χ1v) is 11.3. The van der Waals surface area contributed by atoms with E-state index in [4.69, 9.17) is 0 Å². The van der Waals surface area contributed by atoms with Crippen LogP contribution < -0.4 is 0 Å². The molecule has 156 valence electrons. The van der Waals surface area contributed by atoms with Crippen molar-refractivity contribution in [2.45, 2.75) is 59.3 Å². The Morgan fingerprint density at radius 2 is 1.48 bits per heavy atom. The van der Waals surface area contributed by atoms with Crippen molar-refractivity contribution < 1.29 is 12.8 Å². The molecular formula is C22H28FN3O2S. The van der Waals surface area contributed by atoms with Gasteiger partial charge < -0.3 is 0 Å². The van der Waals surface area contributed by atoms with Gasteiger partial charge in [0, 0.05) is 5.56 Å². The van der Waals surface area contributed by atoms with E-state index in [0.717, 1.165) is 15.1 Å². The molecule has 0 saturated carbocycles. The Kier molecular flexibility index (Phi) is 5.10. The summed E-state index contributed by atoms with van der Waals surface area (Å²) in [6.45, 7) is 14.2. The predicted molar refractivity (Wildman–Crippen MR) is 115 cm³/mol. The summed E-state index contributed by atoms with van der Waals surface area (Å²) >= 11 is 0. The highest BCUT2D eigenvalue weighted by atomic mass is 32.2. The first kappa shape index (κ1) is 21.4. The normalized spacial score (nSPS) is 13.2. The number of rotatable bonds is 3. The fourth-order valence-corrected chi connectivity index (χ4v) is 4.18. The Morgan fingerprint density at radius 3 is 1.97 bits per heavy atom. The molecule has 0 atom stereocenters. The van der Waals surface area contributed by atoms with Gasteiger partial charge in [-0.2, -0.15) is 9.37 Å². The molecule has 0 radical (unpaired) electrons. The van der Waals surface area contributed by atoms with Crippen molar-refractivity contribution in [2.75, 3.05) is 5.75 Å². The average molecular weight is 418 g/mol. The highest BCUT2D eigenvalue weighted by Gasteiger charge is 2.26. The standard InChI is InChI=1S/C22H28FN3O2S/c1-8-29(27,28)26-19(24-17-9-10-18(23)25-20(17)26)14-11-15(21(2,3)4)13-16(12-14)22(5,6)7/h9-13H,8H2,1-7H3. The number of aromatic nitrogens is 3. The molecule has 0 N–H and O–H groups in total. The fraction of sp³-hybridized carbons (Fsp3) is 0.455. The van der Waals surface area contributed by atoms with Crippen molar-refractivity contribution >= 4 is 21.2 Å². The Bertz CT molecular complexity index is 1150. The molecule has 7 heteroatoms. The molecule has 0 unspecified atom stereocenters. The third-order valence-corrected chi connectivity index (χ3v) is 6.63. The molecule has 2 heterocycles. The third kappa shape index (κ3) is 4.06. The first-order chi connectivity index (χ1) is 13.2. The van der Waals surface area contributed by atoms with Gasteiger partial charge in [0.25, 0.3) is 0 Å². The molecule has 1 aromatic carbocycles. The monoisotopic (exact) mass is 417 g/mol. The van der Waals surface area contributed by atoms with E-state index in [1.165, 1.54) is 12.1 Å². The van der Waals surface area contributed by atoms with Crippen LogP contribution in [-0.2, 0) is 20.9 Å². The van der Waals surface area contributed by atoms with Crippen LogP contribution >= 0.6 is 0 Å². The van der Waals surface area contributed by atoms with Gasteiger partial charge in [0.1, 0.15) is 5.52 Å². The van der Waals surface area contributed by atoms with E-state index < -0.39 is 16.0 Å². The van der Waals surface area contributed by atoms with E-state index in [0.29, 0.717) is 11.1 Å². The lowest BCUT2D eigenvalue weighted by Gasteiger charge is -2.26. The first-order valence-electron chi connectivity index (χ1n) is 9.69. The third-order valence-electron chi connectivity index (χ3n) is 5.00. The zero-order valence-electron chi connectivity index (χ0n) is 18.0. The lowest BCUT2D eigenvalue weighted by Crippen LogP contribution is -2.19. The number of hydrogen-bond donors (Lipinski definition) is 0. The second kappa shape index (κ2) is 6.90. The second-order valence-electron chi connectivity index (χ2n) is 9.38. The largest absolute Gasteiger partial charge is 0.241 e. The molecule has 5 nitrogen and oxygen atoms in total. The van der Waals surface area contributed by atoms with Crippen molar-refractivity contribution in [3.8, 4) is 11.4 Å². The topological polar surface area (TPSA) is 64.8 Å². The number of nitrogens with zero attached hydrogens (tertiary/aromatic N) is 3. The van der Waals surface area contributed by atoms with Crippen molar-refractivity contribution in [1.82, 2.24) is 13.9 Å². The summed E-state index contributed by atoms with van der Waals surface area (Å²) in [5.41, 5.74) is 2.91. The van der Waals surface area contributed by atoms with E-state index >= 15 is 0 Å². The Hall–Kier alpha value is -2.28. The Morgan fingerprint density at radius 1 is 0.931 bits per heavy atom. The molecule has 0 fully saturated rings. The van der Waals surface area contributed by atoms with Gasteiger partial charge in [-0.15, -0.1) is 0 Å². The van der Waals surface area contributed by atoms with E-state index in [-0.39, 0.29) is 28.1 Å². The van der Waals surface area contributed by atoms with Gasteiger partial charge in [-0.05, 0) is 53.1 Å². The van der Waals surface area contributed by atoms with Crippen LogP contribution in [0.15, 0.2) is 30.3 Å². The smallest absolute Gasteiger partial charge is 0.225 e. The van der Waals surface area contributed by atoms with Crippen LogP contribution in [0.1, 0.15) is 59.6 Å². The Balaban J connectivity index is 2.44. The van der Waals surface area contributed by atoms with Crippen molar-refractivity contribution in [3.63, 3.8) is 0 Å². The van der Waals surface area contributed by atoms with Crippen LogP contribution in [0.5, 0.6) is 0 Å². The average Bonchev–Trinajstić information content (AvgIpc) is 2.99. The highest BCUT2D eigenvalue weighted by molar-refractivity contribution is 7.90. The summed E-state index contributed by atoms with van der Waals surface area (Å²) in [4.78, 5) is 8.37. The maximum Gasteiger partial charge on any atom is 0.241 e. The minimum absolute atomic E-state index is 0.0142. The second-order valence-corrected chi connectivity index (χ2v) is 11.5. The maximum absolute atomic E-state index is 13.8. The summed E-state index contributed by atoms with van der Waals surface area (Å²) in [5, 5.41) is 0. The predicted octanol–water partition coefficient (Wildman–Crippen LogP) is 5.03. The molecule has 0 aliphatic heterocycles. The molecular weight excluding hydrogens is 389 g/mol. The van der Waals surface area contributed by atoms with Gasteiger partial charge >= 0.3 is 0 Å². The number of halogens is 1. The quantitative estimate of drug-likeness (QED) is 0.561. The molecule has 3 rings (SSSR count). The summed E-state index contributed by atoms with van der Waals surface area (Å²) in [6.07, 6.45) is 0. The van der Waals surface area contributed by atoms with E-state index in [9.17, 15) is 12.8 Å². The molecule has 0 amide bonds. The van der Waals surface area contributed by atoms with Gasteiger partial charge in [-0.1, -0.05) is 47.6 Å². The number of imidazole rings is 1. The lowest BCUT2D eigenvalue weighted by molar-refractivity contribution is 0.569. The summed E-state index contributed by atoms with van der Waals surface area (Å²) in [5.74, 6) is -0.624. The molecule has 0 spiro atoms. The number of pyridine rings is 1.